The van der Waals surface area contributed by atoms with E-state index in [1.165, 1.54) is 25.7 Å². The predicted molar refractivity (Wildman–Crippen MR) is 66.9 cm³/mol. The third-order valence-electron chi connectivity index (χ3n) is 4.84. The summed E-state index contributed by atoms with van der Waals surface area (Å²) in [7, 11) is 2.25. The summed E-state index contributed by atoms with van der Waals surface area (Å²) in [5, 5.41) is 0. The maximum absolute atomic E-state index is 6.03. The van der Waals surface area contributed by atoms with Gasteiger partial charge in [0.05, 0.1) is 0 Å². The van der Waals surface area contributed by atoms with Crippen molar-refractivity contribution in [2.45, 2.75) is 65.0 Å². The van der Waals surface area contributed by atoms with E-state index in [2.05, 4.69) is 39.6 Å². The quantitative estimate of drug-likeness (QED) is 0.733. The van der Waals surface area contributed by atoms with E-state index in [4.69, 9.17) is 5.73 Å². The fourth-order valence-corrected chi connectivity index (χ4v) is 2.64. The zero-order chi connectivity index (χ0) is 11.7. The molecule has 2 atom stereocenters. The van der Waals surface area contributed by atoms with Crippen LogP contribution >= 0.6 is 0 Å². The Labute approximate surface area is 95.2 Å². The van der Waals surface area contributed by atoms with Crippen molar-refractivity contribution >= 4 is 0 Å². The lowest BCUT2D eigenvalue weighted by atomic mass is 9.81. The van der Waals surface area contributed by atoms with Gasteiger partial charge >= 0.3 is 0 Å². The van der Waals surface area contributed by atoms with Crippen molar-refractivity contribution < 1.29 is 0 Å². The number of likely N-dealkylation sites (N-methyl/N-ethyl adjacent to an activating group) is 1. The van der Waals surface area contributed by atoms with Gasteiger partial charge in [-0.25, -0.2) is 0 Å². The van der Waals surface area contributed by atoms with Crippen molar-refractivity contribution in [2.24, 2.45) is 11.1 Å². The molecule has 1 rings (SSSR count). The van der Waals surface area contributed by atoms with Gasteiger partial charge in [0, 0.05) is 18.1 Å². The van der Waals surface area contributed by atoms with Gasteiger partial charge in [-0.15, -0.1) is 0 Å². The summed E-state index contributed by atoms with van der Waals surface area (Å²) in [6.07, 6.45) is 5.19. The van der Waals surface area contributed by atoms with E-state index in [1.807, 2.05) is 0 Å². The molecule has 1 fully saturated rings. The molecule has 2 nitrogen and oxygen atoms in total. The van der Waals surface area contributed by atoms with Crippen LogP contribution in [0.5, 0.6) is 0 Å². The highest BCUT2D eigenvalue weighted by Gasteiger charge is 2.54. The minimum atomic E-state index is 0.182. The van der Waals surface area contributed by atoms with Gasteiger partial charge in [0.2, 0.25) is 0 Å². The molecule has 0 saturated heterocycles. The van der Waals surface area contributed by atoms with E-state index in [0.717, 1.165) is 6.54 Å². The first-order valence-electron chi connectivity index (χ1n) is 6.34. The average Bonchev–Trinajstić information content (AvgIpc) is 2.96. The molecule has 0 aromatic heterocycles. The molecule has 1 aliphatic carbocycles. The smallest absolute Gasteiger partial charge is 0.0356 e. The molecule has 0 aromatic carbocycles. The van der Waals surface area contributed by atoms with Crippen LogP contribution in [0.2, 0.25) is 0 Å². The van der Waals surface area contributed by atoms with Crippen molar-refractivity contribution in [3.63, 3.8) is 0 Å². The summed E-state index contributed by atoms with van der Waals surface area (Å²) in [6.45, 7) is 10.1. The molecule has 0 aliphatic heterocycles. The van der Waals surface area contributed by atoms with Gasteiger partial charge in [-0.05, 0) is 45.6 Å². The van der Waals surface area contributed by atoms with Crippen LogP contribution in [0.15, 0.2) is 0 Å². The fraction of sp³-hybridized carbons (Fsp3) is 1.00. The lowest BCUT2D eigenvalue weighted by Gasteiger charge is -2.46. The first-order chi connectivity index (χ1) is 6.91. The van der Waals surface area contributed by atoms with Crippen LogP contribution in [0.1, 0.15) is 53.4 Å². The summed E-state index contributed by atoms with van der Waals surface area (Å²) in [5.74, 6) is 0. The lowest BCUT2D eigenvalue weighted by molar-refractivity contribution is 0.0370. The van der Waals surface area contributed by atoms with Crippen LogP contribution in [-0.2, 0) is 0 Å². The third-order valence-corrected chi connectivity index (χ3v) is 4.84. The van der Waals surface area contributed by atoms with Crippen molar-refractivity contribution in [1.82, 2.24) is 4.90 Å². The minimum absolute atomic E-state index is 0.182. The molecule has 1 saturated carbocycles. The van der Waals surface area contributed by atoms with Gasteiger partial charge in [0.1, 0.15) is 0 Å². The van der Waals surface area contributed by atoms with Gasteiger partial charge in [-0.2, -0.15) is 0 Å². The number of rotatable bonds is 6. The number of hydrogen-bond donors (Lipinski definition) is 1. The average molecular weight is 212 g/mol. The third kappa shape index (κ3) is 2.21. The largest absolute Gasteiger partial charge is 0.329 e. The van der Waals surface area contributed by atoms with E-state index >= 15 is 0 Å². The Balaban J connectivity index is 2.73. The van der Waals surface area contributed by atoms with Crippen LogP contribution in [-0.4, -0.2) is 30.1 Å². The highest BCUT2D eigenvalue weighted by atomic mass is 15.2. The Bertz CT molecular complexity index is 211. The molecular weight excluding hydrogens is 184 g/mol. The topological polar surface area (TPSA) is 29.3 Å². The Kier molecular flexibility index (Phi) is 3.83. The van der Waals surface area contributed by atoms with Gasteiger partial charge < -0.3 is 5.73 Å². The molecule has 2 heteroatoms. The summed E-state index contributed by atoms with van der Waals surface area (Å²) in [5.41, 5.74) is 6.67. The van der Waals surface area contributed by atoms with Crippen molar-refractivity contribution in [1.29, 1.82) is 0 Å². The molecule has 0 aromatic rings. The van der Waals surface area contributed by atoms with Crippen molar-refractivity contribution in [3.05, 3.63) is 0 Å². The lowest BCUT2D eigenvalue weighted by Crippen LogP contribution is -2.58. The maximum Gasteiger partial charge on any atom is 0.0356 e. The molecular formula is C13H28N2. The van der Waals surface area contributed by atoms with Crippen molar-refractivity contribution in [2.75, 3.05) is 13.6 Å². The van der Waals surface area contributed by atoms with Crippen LogP contribution in [0, 0.1) is 5.41 Å². The Morgan fingerprint density at radius 3 is 2.33 bits per heavy atom. The van der Waals surface area contributed by atoms with Crippen LogP contribution < -0.4 is 5.73 Å². The zero-order valence-corrected chi connectivity index (χ0v) is 11.1. The first-order valence-corrected chi connectivity index (χ1v) is 6.34. The molecule has 2 N–H and O–H groups in total. The predicted octanol–water partition coefficient (Wildman–Crippen LogP) is 2.62. The van der Waals surface area contributed by atoms with Crippen LogP contribution in [0.25, 0.3) is 0 Å². The van der Waals surface area contributed by atoms with Gasteiger partial charge in [0.15, 0.2) is 0 Å². The highest BCUT2D eigenvalue weighted by Crippen LogP contribution is 2.55. The molecule has 0 spiro atoms. The van der Waals surface area contributed by atoms with E-state index in [0.29, 0.717) is 11.5 Å². The molecule has 0 bridgehead atoms. The van der Waals surface area contributed by atoms with Crippen LogP contribution in [0.4, 0.5) is 0 Å². The van der Waals surface area contributed by atoms with Gasteiger partial charge in [0.25, 0.3) is 0 Å². The molecule has 0 radical (unpaired) electrons. The van der Waals surface area contributed by atoms with E-state index in [9.17, 15) is 0 Å². The van der Waals surface area contributed by atoms with E-state index in [1.54, 1.807) is 0 Å². The maximum atomic E-state index is 6.03. The molecule has 15 heavy (non-hydrogen) atoms. The van der Waals surface area contributed by atoms with Gasteiger partial charge in [-0.1, -0.05) is 20.3 Å². The minimum Gasteiger partial charge on any atom is -0.329 e. The molecule has 2 unspecified atom stereocenters. The number of nitrogens with two attached hydrogens (primary N) is 1. The highest BCUT2D eigenvalue weighted by molar-refractivity contribution is 5.09. The molecule has 90 valence electrons. The number of nitrogens with zero attached hydrogens (tertiary/aromatic N) is 1. The zero-order valence-electron chi connectivity index (χ0n) is 11.1. The monoisotopic (exact) mass is 212 g/mol. The number of hydrogen-bond acceptors (Lipinski definition) is 2. The van der Waals surface area contributed by atoms with Crippen molar-refractivity contribution in [3.8, 4) is 0 Å². The molecule has 0 amide bonds. The second-order valence-electron chi connectivity index (χ2n) is 5.79. The second kappa shape index (κ2) is 4.42. The Morgan fingerprint density at radius 1 is 1.47 bits per heavy atom. The summed E-state index contributed by atoms with van der Waals surface area (Å²) in [4.78, 5) is 2.52. The van der Waals surface area contributed by atoms with E-state index in [-0.39, 0.29) is 5.54 Å². The SMILES string of the molecule is CCCC(C)N(C)C(C)(CN)C1(C)CC1. The van der Waals surface area contributed by atoms with Crippen LogP contribution in [0.3, 0.4) is 0 Å². The van der Waals surface area contributed by atoms with Gasteiger partial charge in [-0.3, -0.25) is 4.90 Å². The summed E-state index contributed by atoms with van der Waals surface area (Å²) in [6, 6.07) is 0.640. The molecule has 0 heterocycles. The summed E-state index contributed by atoms with van der Waals surface area (Å²) < 4.78 is 0. The fourth-order valence-electron chi connectivity index (χ4n) is 2.64. The Hall–Kier alpha value is -0.0800. The second-order valence-corrected chi connectivity index (χ2v) is 5.79. The summed E-state index contributed by atoms with van der Waals surface area (Å²) >= 11 is 0. The normalized spacial score (nSPS) is 25.0. The standard InChI is InChI=1S/C13H28N2/c1-6-7-11(2)15(5)13(4,10-14)12(3)8-9-12/h11H,6-10,14H2,1-5H3. The molecule has 1 aliphatic rings. The van der Waals surface area contributed by atoms with E-state index < -0.39 is 0 Å². The Morgan fingerprint density at radius 2 is 2.00 bits per heavy atom. The first kappa shape index (κ1) is 13.0.